The van der Waals surface area contributed by atoms with Crippen molar-refractivity contribution in [2.75, 3.05) is 0 Å². The number of imidazole rings is 1. The fraction of sp³-hybridized carbons (Fsp3) is 0.0909. The van der Waals surface area contributed by atoms with Crippen LogP contribution in [-0.4, -0.2) is 22.8 Å². The molecule has 186 valence electrons. The van der Waals surface area contributed by atoms with Crippen LogP contribution in [0.2, 0.25) is 0 Å². The van der Waals surface area contributed by atoms with Gasteiger partial charge in [-0.25, -0.2) is 41.1 Å². The first kappa shape index (κ1) is 25.1. The molecule has 4 aromatic rings. The normalized spacial score (nSPS) is 12.1. The second-order valence-corrected chi connectivity index (χ2v) is 8.82. The quantitative estimate of drug-likeness (QED) is 0.309. The Bertz CT molecular complexity index is 1650. The van der Waals surface area contributed by atoms with Crippen LogP contribution in [0.25, 0.3) is 16.9 Å². The largest absolute Gasteiger partial charge is 0.416 e. The van der Waals surface area contributed by atoms with Gasteiger partial charge in [0.15, 0.2) is 11.3 Å². The van der Waals surface area contributed by atoms with E-state index in [2.05, 4.69) is 21.8 Å². The molecule has 6 nitrogen and oxygen atoms in total. The first-order chi connectivity index (χ1) is 16.8. The second-order valence-electron chi connectivity index (χ2n) is 7.29. The van der Waals surface area contributed by atoms with Crippen molar-refractivity contribution in [1.29, 1.82) is 0 Å². The number of hydrogen-bond acceptors (Lipinski definition) is 4. The average molecular weight is 528 g/mol. The van der Waals surface area contributed by atoms with E-state index in [1.54, 1.807) is 0 Å². The van der Waals surface area contributed by atoms with Gasteiger partial charge in [-0.3, -0.25) is 4.40 Å². The predicted octanol–water partition coefficient (Wildman–Crippen LogP) is 4.68. The minimum absolute atomic E-state index is 0.0925. The zero-order valence-electron chi connectivity index (χ0n) is 17.5. The number of alkyl halides is 5. The van der Waals surface area contributed by atoms with Crippen LogP contribution in [0.4, 0.5) is 30.7 Å². The van der Waals surface area contributed by atoms with Gasteiger partial charge in [-0.05, 0) is 30.2 Å². The molecule has 0 fully saturated rings. The first-order valence-electron chi connectivity index (χ1n) is 9.63. The van der Waals surface area contributed by atoms with Crippen molar-refractivity contribution >= 4 is 15.7 Å². The Morgan fingerprint density at radius 1 is 0.972 bits per heavy atom. The van der Waals surface area contributed by atoms with Crippen molar-refractivity contribution < 1.29 is 39.2 Å². The number of nitrogens with zero attached hydrogens (tertiary/aromatic N) is 3. The molecule has 36 heavy (non-hydrogen) atoms. The summed E-state index contributed by atoms with van der Waals surface area (Å²) in [5.74, 6) is 1.95. The van der Waals surface area contributed by atoms with Crippen molar-refractivity contribution in [2.24, 2.45) is 5.14 Å². The SMILES string of the molecule is NS(=O)(=O)c1cc(C#Cc2ncn3c(C(F)F)cc(-c4ccc(C(F)(F)F)cc4)nc23)c(F)cc1F. The molecular formula is C22H11F7N4O2S. The Morgan fingerprint density at radius 2 is 1.64 bits per heavy atom. The minimum Gasteiger partial charge on any atom is -0.281 e. The number of hydrogen-bond donors (Lipinski definition) is 1. The lowest BCUT2D eigenvalue weighted by atomic mass is 10.1. The number of sulfonamides is 1. The molecule has 0 saturated carbocycles. The molecule has 2 aromatic carbocycles. The molecule has 0 radical (unpaired) electrons. The molecule has 2 N–H and O–H groups in total. The summed E-state index contributed by atoms with van der Waals surface area (Å²) < 4.78 is 118. The number of primary sulfonamides is 1. The fourth-order valence-corrected chi connectivity index (χ4v) is 3.81. The molecule has 0 atom stereocenters. The molecule has 2 aromatic heterocycles. The Labute approximate surface area is 198 Å². The number of aromatic nitrogens is 3. The first-order valence-corrected chi connectivity index (χ1v) is 11.2. The highest BCUT2D eigenvalue weighted by atomic mass is 32.2. The highest BCUT2D eigenvalue weighted by Gasteiger charge is 2.30. The van der Waals surface area contributed by atoms with Crippen molar-refractivity contribution in [3.63, 3.8) is 0 Å². The maximum absolute atomic E-state index is 14.1. The fourth-order valence-electron chi connectivity index (χ4n) is 3.20. The van der Waals surface area contributed by atoms with E-state index in [9.17, 15) is 39.2 Å². The monoisotopic (exact) mass is 528 g/mol. The van der Waals surface area contributed by atoms with Gasteiger partial charge < -0.3 is 0 Å². The standard InChI is InChI=1S/C22H11F7N4O2S/c23-14-8-15(24)19(36(30,34)35)7-12(14)3-6-16-21-32-17(9-18(20(25)26)33(21)10-31-16)11-1-4-13(5-2-11)22(27,28)29/h1-2,4-5,7-10,20H,(H2,30,34,35). The molecule has 0 aliphatic heterocycles. The summed E-state index contributed by atoms with van der Waals surface area (Å²) in [5, 5.41) is 4.89. The van der Waals surface area contributed by atoms with Gasteiger partial charge in [0, 0.05) is 11.6 Å². The van der Waals surface area contributed by atoms with Crippen molar-refractivity contribution in [3.8, 4) is 23.1 Å². The van der Waals surface area contributed by atoms with Crippen LogP contribution in [0.5, 0.6) is 0 Å². The van der Waals surface area contributed by atoms with Crippen molar-refractivity contribution in [3.05, 3.63) is 82.9 Å². The highest BCUT2D eigenvalue weighted by Crippen LogP contribution is 2.32. The third-order valence-electron chi connectivity index (χ3n) is 4.91. The van der Waals surface area contributed by atoms with Crippen LogP contribution in [0, 0.1) is 23.5 Å². The maximum Gasteiger partial charge on any atom is 0.416 e. The minimum atomic E-state index is -4.60. The summed E-state index contributed by atoms with van der Waals surface area (Å²) >= 11 is 0. The van der Waals surface area contributed by atoms with Crippen LogP contribution in [0.15, 0.2) is 53.7 Å². The molecule has 2 heterocycles. The van der Waals surface area contributed by atoms with Crippen LogP contribution in [0.3, 0.4) is 0 Å². The van der Waals surface area contributed by atoms with Gasteiger partial charge in [0.1, 0.15) is 22.9 Å². The van der Waals surface area contributed by atoms with Crippen LogP contribution in [0.1, 0.15) is 28.9 Å². The number of fused-ring (bicyclic) bond motifs is 1. The lowest BCUT2D eigenvalue weighted by molar-refractivity contribution is -0.137. The Hall–Kier alpha value is -3.96. The van der Waals surface area contributed by atoms with E-state index in [0.717, 1.165) is 41.1 Å². The Kier molecular flexibility index (Phi) is 6.23. The van der Waals surface area contributed by atoms with E-state index in [4.69, 9.17) is 5.14 Å². The van der Waals surface area contributed by atoms with Crippen molar-refractivity contribution in [2.45, 2.75) is 17.5 Å². The van der Waals surface area contributed by atoms with E-state index < -0.39 is 56.0 Å². The van der Waals surface area contributed by atoms with E-state index in [1.165, 1.54) is 0 Å². The lowest BCUT2D eigenvalue weighted by Gasteiger charge is -2.10. The zero-order valence-corrected chi connectivity index (χ0v) is 18.3. The van der Waals surface area contributed by atoms with E-state index >= 15 is 0 Å². The zero-order chi connectivity index (χ0) is 26.4. The molecule has 0 aliphatic carbocycles. The van der Waals surface area contributed by atoms with Gasteiger partial charge >= 0.3 is 6.18 Å². The summed E-state index contributed by atoms with van der Waals surface area (Å²) in [6, 6.07) is 5.45. The Balaban J connectivity index is 1.85. The average Bonchev–Trinajstić information content (AvgIpc) is 3.19. The summed E-state index contributed by atoms with van der Waals surface area (Å²) in [6.45, 7) is 0. The van der Waals surface area contributed by atoms with Gasteiger partial charge in [-0.1, -0.05) is 18.1 Å². The predicted molar refractivity (Wildman–Crippen MR) is 112 cm³/mol. The van der Waals surface area contributed by atoms with Gasteiger partial charge in [0.05, 0.1) is 22.5 Å². The third kappa shape index (κ3) is 4.88. The number of rotatable bonds is 3. The lowest BCUT2D eigenvalue weighted by Crippen LogP contribution is -2.14. The molecule has 0 unspecified atom stereocenters. The van der Waals surface area contributed by atoms with Gasteiger partial charge in [0.25, 0.3) is 6.43 Å². The molecule has 0 bridgehead atoms. The number of benzene rings is 2. The number of nitrogens with two attached hydrogens (primary N) is 1. The summed E-state index contributed by atoms with van der Waals surface area (Å²) in [7, 11) is -4.54. The molecule has 0 aliphatic rings. The van der Waals surface area contributed by atoms with E-state index in [0.29, 0.717) is 6.07 Å². The topological polar surface area (TPSA) is 90.4 Å². The molecule has 4 rings (SSSR count). The molecule has 0 spiro atoms. The van der Waals surface area contributed by atoms with Crippen LogP contribution < -0.4 is 5.14 Å². The summed E-state index contributed by atoms with van der Waals surface area (Å²) in [4.78, 5) is 7.01. The second kappa shape index (κ2) is 8.92. The smallest absolute Gasteiger partial charge is 0.281 e. The van der Waals surface area contributed by atoms with E-state index in [1.807, 2.05) is 0 Å². The van der Waals surface area contributed by atoms with Gasteiger partial charge in [0.2, 0.25) is 10.0 Å². The van der Waals surface area contributed by atoms with Gasteiger partial charge in [-0.15, -0.1) is 0 Å². The third-order valence-corrected chi connectivity index (χ3v) is 5.83. The summed E-state index contributed by atoms with van der Waals surface area (Å²) in [6.07, 6.45) is -6.68. The Morgan fingerprint density at radius 3 is 2.22 bits per heavy atom. The number of halogens is 7. The molecule has 0 saturated heterocycles. The molecule has 14 heteroatoms. The summed E-state index contributed by atoms with van der Waals surface area (Å²) in [5.41, 5.74) is -2.61. The molecular weight excluding hydrogens is 517 g/mol. The van der Waals surface area contributed by atoms with Gasteiger partial charge in [-0.2, -0.15) is 13.2 Å². The van der Waals surface area contributed by atoms with Crippen LogP contribution in [-0.2, 0) is 16.2 Å². The maximum atomic E-state index is 14.1. The van der Waals surface area contributed by atoms with Crippen LogP contribution >= 0.6 is 0 Å². The molecule has 0 amide bonds. The van der Waals surface area contributed by atoms with Crippen molar-refractivity contribution in [1.82, 2.24) is 14.4 Å². The van der Waals surface area contributed by atoms with E-state index in [-0.39, 0.29) is 28.7 Å². The highest BCUT2D eigenvalue weighted by molar-refractivity contribution is 7.89.